The Hall–Kier alpha value is -1.54. The van der Waals surface area contributed by atoms with E-state index in [-0.39, 0.29) is 25.7 Å². The summed E-state index contributed by atoms with van der Waals surface area (Å²) in [5.41, 5.74) is 5.34. The smallest absolute Gasteiger partial charge is 0.387 e. The minimum atomic E-state index is -4.33. The number of unbranched alkanes of at least 4 members (excludes halogenated alkanes) is 18. The molecule has 1 amide bonds. The number of phosphoric acid groups is 1. The Morgan fingerprint density at radius 1 is 0.673 bits per heavy atom. The molecule has 0 rings (SSSR count). The largest absolute Gasteiger partial charge is 0.472 e. The first-order chi connectivity index (χ1) is 23.9. The lowest BCUT2D eigenvalue weighted by Crippen LogP contribution is -2.45. The normalized spacial score (nSPS) is 14.8. The quantitative estimate of drug-likeness (QED) is 0.0289. The minimum absolute atomic E-state index is 0.0719. The van der Waals surface area contributed by atoms with Crippen LogP contribution < -0.4 is 11.1 Å². The van der Waals surface area contributed by atoms with Crippen LogP contribution in [0, 0.1) is 0 Å². The molecule has 0 aromatic carbocycles. The molecule has 0 heterocycles. The van der Waals surface area contributed by atoms with Gasteiger partial charge in [-0.3, -0.25) is 13.8 Å². The second-order valence-electron chi connectivity index (χ2n) is 13.1. The maximum absolute atomic E-state index is 12.7. The topological polar surface area (TPSA) is 131 Å². The van der Waals surface area contributed by atoms with Crippen LogP contribution in [0.1, 0.15) is 168 Å². The fourth-order valence-corrected chi connectivity index (χ4v) is 6.12. The van der Waals surface area contributed by atoms with Crippen molar-refractivity contribution in [3.63, 3.8) is 0 Å². The van der Waals surface area contributed by atoms with Gasteiger partial charge in [0, 0.05) is 13.0 Å². The highest BCUT2D eigenvalue weighted by molar-refractivity contribution is 7.47. The lowest BCUT2D eigenvalue weighted by Gasteiger charge is -2.23. The Morgan fingerprint density at radius 2 is 1.18 bits per heavy atom. The lowest BCUT2D eigenvalue weighted by molar-refractivity contribution is -0.123. The molecule has 0 saturated carbocycles. The first-order valence-electron chi connectivity index (χ1n) is 19.8. The number of nitrogens with one attached hydrogen (secondary N) is 1. The second kappa shape index (κ2) is 36.3. The van der Waals surface area contributed by atoms with Gasteiger partial charge in [-0.1, -0.05) is 152 Å². The minimum Gasteiger partial charge on any atom is -0.387 e. The van der Waals surface area contributed by atoms with Crippen LogP contribution in [-0.2, 0) is 18.4 Å². The Labute approximate surface area is 301 Å². The molecule has 0 spiro atoms. The van der Waals surface area contributed by atoms with Crippen LogP contribution >= 0.6 is 7.82 Å². The number of phosphoric ester groups is 1. The molecular formula is C40H75N2O6P. The van der Waals surface area contributed by atoms with E-state index in [1.54, 1.807) is 6.08 Å². The van der Waals surface area contributed by atoms with E-state index in [4.69, 9.17) is 14.8 Å². The molecule has 0 saturated heterocycles. The van der Waals surface area contributed by atoms with Gasteiger partial charge in [-0.05, 0) is 57.8 Å². The van der Waals surface area contributed by atoms with Crippen molar-refractivity contribution in [2.75, 3.05) is 19.8 Å². The predicted molar refractivity (Wildman–Crippen MR) is 207 cm³/mol. The SMILES string of the molecule is CCC/C=C/CC/C=C/C(O)C(COP(=O)(O)OCCN)NC(=O)CCCCCCCCCCCCC/C=C\C/C=C\CCCCCCC. The van der Waals surface area contributed by atoms with Gasteiger partial charge in [0.05, 0.1) is 25.4 Å². The summed E-state index contributed by atoms with van der Waals surface area (Å²) in [5, 5.41) is 13.5. The number of carbonyl (C=O) groups excluding carboxylic acids is 1. The van der Waals surface area contributed by atoms with E-state index in [9.17, 15) is 19.4 Å². The molecule has 0 fully saturated rings. The number of allylic oxidation sites excluding steroid dienone is 7. The highest BCUT2D eigenvalue weighted by Crippen LogP contribution is 2.43. The summed E-state index contributed by atoms with van der Waals surface area (Å²) in [4.78, 5) is 22.5. The Balaban J connectivity index is 4.04. The number of hydrogen-bond donors (Lipinski definition) is 4. The van der Waals surface area contributed by atoms with Crippen LogP contribution in [0.4, 0.5) is 0 Å². The summed E-state index contributed by atoms with van der Waals surface area (Å²) in [6.07, 6.45) is 43.4. The Kier molecular flexibility index (Phi) is 35.1. The van der Waals surface area contributed by atoms with Gasteiger partial charge in [-0.25, -0.2) is 4.57 Å². The van der Waals surface area contributed by atoms with Crippen molar-refractivity contribution in [2.45, 2.75) is 180 Å². The van der Waals surface area contributed by atoms with Gasteiger partial charge in [0.15, 0.2) is 0 Å². The van der Waals surface area contributed by atoms with Gasteiger partial charge in [-0.15, -0.1) is 0 Å². The van der Waals surface area contributed by atoms with Gasteiger partial charge in [0.1, 0.15) is 0 Å². The van der Waals surface area contributed by atoms with Crippen LogP contribution in [0.25, 0.3) is 0 Å². The maximum atomic E-state index is 12.7. The number of rotatable bonds is 36. The van der Waals surface area contributed by atoms with Crippen LogP contribution in [0.15, 0.2) is 48.6 Å². The molecule has 0 aliphatic heterocycles. The third kappa shape index (κ3) is 34.7. The van der Waals surface area contributed by atoms with Crippen molar-refractivity contribution < 1.29 is 28.4 Å². The van der Waals surface area contributed by atoms with E-state index in [0.717, 1.165) is 51.4 Å². The van der Waals surface area contributed by atoms with Crippen LogP contribution in [0.2, 0.25) is 0 Å². The Morgan fingerprint density at radius 3 is 1.76 bits per heavy atom. The van der Waals surface area contributed by atoms with Crippen molar-refractivity contribution in [2.24, 2.45) is 5.73 Å². The van der Waals surface area contributed by atoms with E-state index in [1.165, 1.54) is 96.3 Å². The van der Waals surface area contributed by atoms with E-state index >= 15 is 0 Å². The lowest BCUT2D eigenvalue weighted by atomic mass is 10.0. The van der Waals surface area contributed by atoms with E-state index in [1.807, 2.05) is 6.08 Å². The standard InChI is InChI=1S/C40H75N2O6P/c1-3-5-7-9-11-12-13-14-15-16-17-18-19-20-21-22-23-24-25-26-28-30-32-34-40(44)42-38(37-48-49(45,46)47-36-35-41)39(43)33-31-29-27-10-8-6-4-2/h8,10,13-14,16-17,31,33,38-39,43H,3-7,9,11-12,15,18-30,32,34-37,41H2,1-2H3,(H,42,44)(H,45,46)/b10-8+,14-13-,17-16-,33-31+. The van der Waals surface area contributed by atoms with Crippen molar-refractivity contribution in [3.8, 4) is 0 Å². The average Bonchev–Trinajstić information content (AvgIpc) is 3.09. The first-order valence-corrected chi connectivity index (χ1v) is 21.3. The zero-order chi connectivity index (χ0) is 36.1. The molecule has 0 bridgehead atoms. The monoisotopic (exact) mass is 711 g/mol. The molecule has 3 atom stereocenters. The van der Waals surface area contributed by atoms with Crippen LogP contribution in [-0.4, -0.2) is 47.8 Å². The first kappa shape index (κ1) is 47.5. The number of nitrogens with two attached hydrogens (primary N) is 1. The van der Waals surface area contributed by atoms with Crippen molar-refractivity contribution in [1.29, 1.82) is 0 Å². The number of hydrogen-bond acceptors (Lipinski definition) is 6. The van der Waals surface area contributed by atoms with Gasteiger partial charge >= 0.3 is 7.82 Å². The summed E-state index contributed by atoms with van der Waals surface area (Å²) in [7, 11) is -4.33. The van der Waals surface area contributed by atoms with Crippen molar-refractivity contribution in [3.05, 3.63) is 48.6 Å². The fourth-order valence-electron chi connectivity index (χ4n) is 5.36. The molecule has 49 heavy (non-hydrogen) atoms. The molecule has 5 N–H and O–H groups in total. The second-order valence-corrected chi connectivity index (χ2v) is 14.6. The highest BCUT2D eigenvalue weighted by atomic mass is 31.2. The molecule has 0 aliphatic rings. The molecule has 8 nitrogen and oxygen atoms in total. The number of amides is 1. The Bertz CT molecular complexity index is 907. The van der Waals surface area contributed by atoms with Crippen molar-refractivity contribution in [1.82, 2.24) is 5.32 Å². The van der Waals surface area contributed by atoms with Gasteiger partial charge in [-0.2, -0.15) is 0 Å². The van der Waals surface area contributed by atoms with E-state index < -0.39 is 20.0 Å². The zero-order valence-corrected chi connectivity index (χ0v) is 32.3. The predicted octanol–water partition coefficient (Wildman–Crippen LogP) is 10.6. The molecule has 9 heteroatoms. The average molecular weight is 711 g/mol. The molecule has 286 valence electrons. The van der Waals surface area contributed by atoms with Gasteiger partial charge in [0.2, 0.25) is 5.91 Å². The molecule has 0 aromatic rings. The number of carbonyl (C=O) groups is 1. The third-order valence-electron chi connectivity index (χ3n) is 8.36. The van der Waals surface area contributed by atoms with Gasteiger partial charge < -0.3 is 21.1 Å². The van der Waals surface area contributed by atoms with E-state index in [2.05, 4.69) is 55.6 Å². The molecule has 0 radical (unpaired) electrons. The summed E-state index contributed by atoms with van der Waals surface area (Å²) < 4.78 is 21.9. The fraction of sp³-hybridized carbons (Fsp3) is 0.775. The number of aliphatic hydroxyl groups excluding tert-OH is 1. The van der Waals surface area contributed by atoms with Crippen LogP contribution in [0.5, 0.6) is 0 Å². The molecular weight excluding hydrogens is 635 g/mol. The summed E-state index contributed by atoms with van der Waals surface area (Å²) in [6, 6.07) is -0.875. The number of aliphatic hydroxyl groups is 1. The maximum Gasteiger partial charge on any atom is 0.472 e. The van der Waals surface area contributed by atoms with Gasteiger partial charge in [0.25, 0.3) is 0 Å². The zero-order valence-electron chi connectivity index (χ0n) is 31.4. The molecule has 0 aromatic heterocycles. The van der Waals surface area contributed by atoms with Crippen LogP contribution in [0.3, 0.4) is 0 Å². The summed E-state index contributed by atoms with van der Waals surface area (Å²) in [6.45, 7) is 3.97. The molecule has 3 unspecified atom stereocenters. The summed E-state index contributed by atoms with van der Waals surface area (Å²) >= 11 is 0. The van der Waals surface area contributed by atoms with Crippen molar-refractivity contribution >= 4 is 13.7 Å². The highest BCUT2D eigenvalue weighted by Gasteiger charge is 2.26. The molecule has 0 aliphatic carbocycles. The third-order valence-corrected chi connectivity index (χ3v) is 9.34. The summed E-state index contributed by atoms with van der Waals surface area (Å²) in [5.74, 6) is -0.213. The van der Waals surface area contributed by atoms with E-state index in [0.29, 0.717) is 6.42 Å².